The fraction of sp³-hybridized carbons (Fsp3) is 0. The lowest BCUT2D eigenvalue weighted by atomic mass is 10.2. The molecule has 2 rings (SSSR count). The molecule has 2 nitrogen and oxygen atoms in total. The molecule has 0 radical (unpaired) electrons. The molecule has 0 aliphatic carbocycles. The van der Waals surface area contributed by atoms with E-state index in [4.69, 9.17) is 23.2 Å². The second-order valence-corrected chi connectivity index (χ2v) is 4.75. The minimum Gasteiger partial charge on any atom is -0.320 e. The minimum absolute atomic E-state index is 0.118. The number of benzene rings is 2. The molecule has 0 aromatic heterocycles. The summed E-state index contributed by atoms with van der Waals surface area (Å²) < 4.78 is 13.4. The summed E-state index contributed by atoms with van der Waals surface area (Å²) in [7, 11) is 0. The van der Waals surface area contributed by atoms with Crippen molar-refractivity contribution in [1.82, 2.24) is 0 Å². The molecule has 5 heteroatoms. The summed E-state index contributed by atoms with van der Waals surface area (Å²) in [6, 6.07) is 11.0. The SMILES string of the molecule is O=C(/C=C/c1c(Cl)cccc1Cl)Nc1ccccc1F. The van der Waals surface area contributed by atoms with Crippen LogP contribution in [0.15, 0.2) is 48.5 Å². The Morgan fingerprint density at radius 3 is 2.35 bits per heavy atom. The maximum absolute atomic E-state index is 13.4. The van der Waals surface area contributed by atoms with Crippen LogP contribution < -0.4 is 5.32 Å². The van der Waals surface area contributed by atoms with E-state index in [1.54, 1.807) is 30.3 Å². The van der Waals surface area contributed by atoms with Gasteiger partial charge >= 0.3 is 0 Å². The number of amides is 1. The van der Waals surface area contributed by atoms with Crippen molar-refractivity contribution in [2.75, 3.05) is 5.32 Å². The van der Waals surface area contributed by atoms with Gasteiger partial charge in [-0.1, -0.05) is 41.4 Å². The van der Waals surface area contributed by atoms with Crippen LogP contribution in [0.4, 0.5) is 10.1 Å². The molecule has 0 atom stereocenters. The van der Waals surface area contributed by atoms with E-state index in [1.165, 1.54) is 24.3 Å². The Labute approximate surface area is 125 Å². The number of anilines is 1. The minimum atomic E-state index is -0.495. The number of halogens is 3. The average Bonchev–Trinajstić information content (AvgIpc) is 2.41. The molecule has 1 amide bonds. The van der Waals surface area contributed by atoms with E-state index in [2.05, 4.69) is 5.32 Å². The third-order valence-corrected chi connectivity index (χ3v) is 3.19. The van der Waals surface area contributed by atoms with Gasteiger partial charge < -0.3 is 5.32 Å². The number of carbonyl (C=O) groups excluding carboxylic acids is 1. The second kappa shape index (κ2) is 6.55. The number of hydrogen-bond acceptors (Lipinski definition) is 1. The molecule has 102 valence electrons. The maximum Gasteiger partial charge on any atom is 0.248 e. The molecule has 0 aliphatic heterocycles. The largest absolute Gasteiger partial charge is 0.320 e. The highest BCUT2D eigenvalue weighted by Gasteiger charge is 2.05. The van der Waals surface area contributed by atoms with Crippen LogP contribution in [0.5, 0.6) is 0 Å². The van der Waals surface area contributed by atoms with Crippen molar-refractivity contribution >= 4 is 40.9 Å². The van der Waals surface area contributed by atoms with Gasteiger partial charge in [0.05, 0.1) is 5.69 Å². The molecule has 0 aliphatic rings. The van der Waals surface area contributed by atoms with Crippen molar-refractivity contribution in [3.8, 4) is 0 Å². The second-order valence-electron chi connectivity index (χ2n) is 3.94. The Bertz CT molecular complexity index is 650. The lowest BCUT2D eigenvalue weighted by Gasteiger charge is -2.03. The van der Waals surface area contributed by atoms with Crippen LogP contribution in [0, 0.1) is 5.82 Å². The standard InChI is InChI=1S/C15H10Cl2FNO/c16-11-4-3-5-12(17)10(11)8-9-15(20)19-14-7-2-1-6-13(14)18/h1-9H,(H,19,20)/b9-8+. The molecule has 2 aromatic carbocycles. The average molecular weight is 310 g/mol. The van der Waals surface area contributed by atoms with Crippen LogP contribution in [0.2, 0.25) is 10.0 Å². The van der Waals surface area contributed by atoms with Crippen molar-refractivity contribution in [3.05, 3.63) is 70.0 Å². The summed E-state index contributed by atoms with van der Waals surface area (Å²) in [4.78, 5) is 11.7. The molecule has 0 spiro atoms. The number of hydrogen-bond donors (Lipinski definition) is 1. The van der Waals surface area contributed by atoms with Crippen LogP contribution >= 0.6 is 23.2 Å². The first-order valence-corrected chi connectivity index (χ1v) is 6.51. The summed E-state index contributed by atoms with van der Waals surface area (Å²) in [5.74, 6) is -0.962. The van der Waals surface area contributed by atoms with Gasteiger partial charge in [-0.25, -0.2) is 4.39 Å². The van der Waals surface area contributed by atoms with Gasteiger partial charge in [-0.05, 0) is 30.3 Å². The van der Waals surface area contributed by atoms with E-state index >= 15 is 0 Å². The molecule has 0 unspecified atom stereocenters. The van der Waals surface area contributed by atoms with E-state index in [1.807, 2.05) is 0 Å². The van der Waals surface area contributed by atoms with Crippen LogP contribution in [0.3, 0.4) is 0 Å². The summed E-state index contributed by atoms with van der Waals surface area (Å²) in [5, 5.41) is 3.31. The predicted molar refractivity (Wildman–Crippen MR) is 80.5 cm³/mol. The number of nitrogens with one attached hydrogen (secondary N) is 1. The van der Waals surface area contributed by atoms with Gasteiger partial charge in [0.1, 0.15) is 5.82 Å². The van der Waals surface area contributed by atoms with Gasteiger partial charge in [-0.3, -0.25) is 4.79 Å². The van der Waals surface area contributed by atoms with Crippen LogP contribution in [-0.2, 0) is 4.79 Å². The van der Waals surface area contributed by atoms with Gasteiger partial charge in [-0.15, -0.1) is 0 Å². The Kier molecular flexibility index (Phi) is 4.77. The summed E-state index contributed by atoms with van der Waals surface area (Å²) in [6.45, 7) is 0. The third kappa shape index (κ3) is 3.59. The van der Waals surface area contributed by atoms with E-state index in [0.29, 0.717) is 15.6 Å². The van der Waals surface area contributed by atoms with Gasteiger partial charge in [0.25, 0.3) is 0 Å². The first kappa shape index (κ1) is 14.6. The smallest absolute Gasteiger partial charge is 0.248 e. The van der Waals surface area contributed by atoms with Crippen molar-refractivity contribution in [2.45, 2.75) is 0 Å². The highest BCUT2D eigenvalue weighted by atomic mass is 35.5. The van der Waals surface area contributed by atoms with Crippen LogP contribution in [-0.4, -0.2) is 5.91 Å². The van der Waals surface area contributed by atoms with Gasteiger partial charge in [0.15, 0.2) is 0 Å². The number of carbonyl (C=O) groups is 1. The van der Waals surface area contributed by atoms with E-state index in [0.717, 1.165) is 0 Å². The van der Waals surface area contributed by atoms with Crippen molar-refractivity contribution in [1.29, 1.82) is 0 Å². The van der Waals surface area contributed by atoms with Crippen molar-refractivity contribution in [2.24, 2.45) is 0 Å². The zero-order valence-corrected chi connectivity index (χ0v) is 11.8. The lowest BCUT2D eigenvalue weighted by Crippen LogP contribution is -2.09. The highest BCUT2D eigenvalue weighted by molar-refractivity contribution is 6.37. The maximum atomic E-state index is 13.4. The summed E-state index contributed by atoms with van der Waals surface area (Å²) in [6.07, 6.45) is 2.74. The predicted octanol–water partition coefficient (Wildman–Crippen LogP) is 4.78. The first-order valence-electron chi connectivity index (χ1n) is 5.75. The molecule has 20 heavy (non-hydrogen) atoms. The molecule has 2 aromatic rings. The summed E-state index contributed by atoms with van der Waals surface area (Å²) in [5.41, 5.74) is 0.659. The monoisotopic (exact) mass is 309 g/mol. The van der Waals surface area contributed by atoms with Crippen LogP contribution in [0.1, 0.15) is 5.56 Å². The van der Waals surface area contributed by atoms with Crippen molar-refractivity contribution in [3.63, 3.8) is 0 Å². The molecular formula is C15H10Cl2FNO. The van der Waals surface area contributed by atoms with Gasteiger partial charge in [0.2, 0.25) is 5.91 Å². The number of para-hydroxylation sites is 1. The van der Waals surface area contributed by atoms with Crippen molar-refractivity contribution < 1.29 is 9.18 Å². The quantitative estimate of drug-likeness (QED) is 0.812. The normalized spacial score (nSPS) is 10.8. The Morgan fingerprint density at radius 1 is 1.05 bits per heavy atom. The zero-order chi connectivity index (χ0) is 14.5. The highest BCUT2D eigenvalue weighted by Crippen LogP contribution is 2.25. The van der Waals surface area contributed by atoms with E-state index in [9.17, 15) is 9.18 Å². The van der Waals surface area contributed by atoms with E-state index < -0.39 is 11.7 Å². The fourth-order valence-corrected chi connectivity index (χ4v) is 2.09. The molecule has 0 saturated carbocycles. The zero-order valence-electron chi connectivity index (χ0n) is 10.2. The summed E-state index contributed by atoms with van der Waals surface area (Å²) >= 11 is 11.9. The molecule has 0 heterocycles. The van der Waals surface area contributed by atoms with E-state index in [-0.39, 0.29) is 5.69 Å². The fourth-order valence-electron chi connectivity index (χ4n) is 1.57. The number of rotatable bonds is 3. The first-order chi connectivity index (χ1) is 9.58. The molecule has 1 N–H and O–H groups in total. The Balaban J connectivity index is 2.12. The molecular weight excluding hydrogens is 300 g/mol. The molecule has 0 saturated heterocycles. The Hall–Kier alpha value is -1.84. The van der Waals surface area contributed by atoms with Gasteiger partial charge in [-0.2, -0.15) is 0 Å². The van der Waals surface area contributed by atoms with Gasteiger partial charge in [0, 0.05) is 21.7 Å². The third-order valence-electron chi connectivity index (χ3n) is 2.53. The molecule has 0 bridgehead atoms. The topological polar surface area (TPSA) is 29.1 Å². The molecule has 0 fully saturated rings. The van der Waals surface area contributed by atoms with Crippen LogP contribution in [0.25, 0.3) is 6.08 Å². The lowest BCUT2D eigenvalue weighted by molar-refractivity contribution is -0.111. The Morgan fingerprint density at radius 2 is 1.70 bits per heavy atom.